The monoisotopic (exact) mass is 213 g/mol. The highest BCUT2D eigenvalue weighted by molar-refractivity contribution is 7.99. The van der Waals surface area contributed by atoms with E-state index >= 15 is 0 Å². The molecule has 0 aliphatic heterocycles. The van der Waals surface area contributed by atoms with E-state index in [1.165, 1.54) is 6.07 Å². The van der Waals surface area contributed by atoms with Gasteiger partial charge in [-0.25, -0.2) is 4.39 Å². The van der Waals surface area contributed by atoms with Gasteiger partial charge in [-0.05, 0) is 28.5 Å². The quantitative estimate of drug-likeness (QED) is 0.832. The second-order valence-electron chi connectivity index (χ2n) is 3.48. The van der Waals surface area contributed by atoms with E-state index in [1.807, 2.05) is 0 Å². The summed E-state index contributed by atoms with van der Waals surface area (Å²) in [6, 6.07) is 4.81. The lowest BCUT2D eigenvalue weighted by Crippen LogP contribution is -2.02. The summed E-state index contributed by atoms with van der Waals surface area (Å²) in [6.07, 6.45) is 0. The van der Waals surface area contributed by atoms with Crippen molar-refractivity contribution in [3.63, 3.8) is 0 Å². The second kappa shape index (κ2) is 5.37. The largest absolute Gasteiger partial charge is 0.326 e. The van der Waals surface area contributed by atoms with Gasteiger partial charge in [0.05, 0.1) is 0 Å². The molecular formula is C11H16FNS. The van der Waals surface area contributed by atoms with E-state index in [4.69, 9.17) is 5.73 Å². The average molecular weight is 213 g/mol. The molecule has 0 unspecified atom stereocenters. The van der Waals surface area contributed by atoms with E-state index in [1.54, 1.807) is 23.9 Å². The van der Waals surface area contributed by atoms with Gasteiger partial charge in [-0.2, -0.15) is 11.8 Å². The van der Waals surface area contributed by atoms with Crippen LogP contribution in [0.15, 0.2) is 18.2 Å². The minimum Gasteiger partial charge on any atom is -0.326 e. The summed E-state index contributed by atoms with van der Waals surface area (Å²) in [5, 5.41) is 0.559. The van der Waals surface area contributed by atoms with Crippen LogP contribution in [0.2, 0.25) is 0 Å². The number of nitrogens with two attached hydrogens (primary N) is 1. The van der Waals surface area contributed by atoms with Crippen LogP contribution in [0.3, 0.4) is 0 Å². The Labute approximate surface area is 88.9 Å². The van der Waals surface area contributed by atoms with Crippen LogP contribution in [-0.2, 0) is 12.3 Å². The summed E-state index contributed by atoms with van der Waals surface area (Å²) >= 11 is 1.80. The Kier molecular flexibility index (Phi) is 4.42. The molecule has 3 heteroatoms. The van der Waals surface area contributed by atoms with Crippen LogP contribution in [0.25, 0.3) is 0 Å². The first-order chi connectivity index (χ1) is 6.63. The molecule has 0 bridgehead atoms. The van der Waals surface area contributed by atoms with Crippen LogP contribution < -0.4 is 5.73 Å². The van der Waals surface area contributed by atoms with Crippen molar-refractivity contribution in [3.8, 4) is 0 Å². The second-order valence-corrected chi connectivity index (χ2v) is 5.04. The number of thioether (sulfide) groups is 1. The third-order valence-corrected chi connectivity index (χ3v) is 3.10. The Morgan fingerprint density at radius 1 is 1.36 bits per heavy atom. The normalized spacial score (nSPS) is 10.9. The molecule has 78 valence electrons. The van der Waals surface area contributed by atoms with Crippen LogP contribution >= 0.6 is 11.8 Å². The van der Waals surface area contributed by atoms with Crippen molar-refractivity contribution in [3.05, 3.63) is 35.1 Å². The molecule has 0 spiro atoms. The van der Waals surface area contributed by atoms with Crippen molar-refractivity contribution >= 4 is 11.8 Å². The van der Waals surface area contributed by atoms with Gasteiger partial charge in [-0.3, -0.25) is 0 Å². The summed E-state index contributed by atoms with van der Waals surface area (Å²) in [4.78, 5) is 0. The van der Waals surface area contributed by atoms with Gasteiger partial charge in [0.15, 0.2) is 0 Å². The summed E-state index contributed by atoms with van der Waals surface area (Å²) < 4.78 is 13.0. The van der Waals surface area contributed by atoms with Crippen LogP contribution in [0, 0.1) is 5.82 Å². The molecule has 0 heterocycles. The minimum atomic E-state index is -0.179. The summed E-state index contributed by atoms with van der Waals surface area (Å²) in [5.74, 6) is 0.656. The maximum Gasteiger partial charge on any atom is 0.123 e. The number of hydrogen-bond acceptors (Lipinski definition) is 2. The van der Waals surface area contributed by atoms with Crippen LogP contribution in [0.4, 0.5) is 4.39 Å². The van der Waals surface area contributed by atoms with Crippen LogP contribution in [-0.4, -0.2) is 5.25 Å². The highest BCUT2D eigenvalue weighted by atomic mass is 32.2. The number of rotatable bonds is 4. The van der Waals surface area contributed by atoms with Gasteiger partial charge >= 0.3 is 0 Å². The zero-order valence-electron chi connectivity index (χ0n) is 8.59. The molecule has 0 aromatic heterocycles. The molecule has 0 fully saturated rings. The van der Waals surface area contributed by atoms with Crippen molar-refractivity contribution in [2.45, 2.75) is 31.4 Å². The van der Waals surface area contributed by atoms with E-state index in [2.05, 4.69) is 13.8 Å². The lowest BCUT2D eigenvalue weighted by molar-refractivity contribution is 0.625. The molecule has 0 aliphatic carbocycles. The molecule has 14 heavy (non-hydrogen) atoms. The van der Waals surface area contributed by atoms with E-state index in [-0.39, 0.29) is 5.82 Å². The molecule has 0 atom stereocenters. The highest BCUT2D eigenvalue weighted by Crippen LogP contribution is 2.20. The zero-order chi connectivity index (χ0) is 10.6. The molecule has 2 N–H and O–H groups in total. The predicted molar refractivity (Wildman–Crippen MR) is 60.7 cm³/mol. The van der Waals surface area contributed by atoms with Gasteiger partial charge in [0, 0.05) is 12.3 Å². The van der Waals surface area contributed by atoms with Gasteiger partial charge in [0.2, 0.25) is 0 Å². The van der Waals surface area contributed by atoms with E-state index in [0.29, 0.717) is 11.8 Å². The third kappa shape index (κ3) is 3.31. The standard InChI is InChI=1S/C11H16FNS/c1-8(2)14-7-10-5-11(12)4-3-9(10)6-13/h3-5,8H,6-7,13H2,1-2H3. The zero-order valence-corrected chi connectivity index (χ0v) is 9.40. The fraction of sp³-hybridized carbons (Fsp3) is 0.455. The first-order valence-electron chi connectivity index (χ1n) is 4.72. The Hall–Kier alpha value is -0.540. The lowest BCUT2D eigenvalue weighted by atomic mass is 10.1. The number of hydrogen-bond donors (Lipinski definition) is 1. The lowest BCUT2D eigenvalue weighted by Gasteiger charge is -2.09. The predicted octanol–water partition coefficient (Wildman–Crippen LogP) is 2.93. The maximum atomic E-state index is 13.0. The minimum absolute atomic E-state index is 0.179. The molecule has 1 aromatic carbocycles. The summed E-state index contributed by atoms with van der Waals surface area (Å²) in [5.41, 5.74) is 7.64. The highest BCUT2D eigenvalue weighted by Gasteiger charge is 2.04. The van der Waals surface area contributed by atoms with E-state index < -0.39 is 0 Å². The Bertz CT molecular complexity index is 299. The van der Waals surface area contributed by atoms with Crippen molar-refractivity contribution < 1.29 is 4.39 Å². The van der Waals surface area contributed by atoms with Crippen molar-refractivity contribution in [1.82, 2.24) is 0 Å². The van der Waals surface area contributed by atoms with Crippen LogP contribution in [0.1, 0.15) is 25.0 Å². The van der Waals surface area contributed by atoms with Crippen LogP contribution in [0.5, 0.6) is 0 Å². The Morgan fingerprint density at radius 3 is 2.64 bits per heavy atom. The van der Waals surface area contributed by atoms with Crippen molar-refractivity contribution in [2.24, 2.45) is 5.73 Å². The topological polar surface area (TPSA) is 26.0 Å². The average Bonchev–Trinajstić information content (AvgIpc) is 2.15. The van der Waals surface area contributed by atoms with E-state index in [9.17, 15) is 4.39 Å². The van der Waals surface area contributed by atoms with Gasteiger partial charge in [-0.15, -0.1) is 0 Å². The first-order valence-corrected chi connectivity index (χ1v) is 5.77. The molecule has 0 radical (unpaired) electrons. The molecule has 1 nitrogen and oxygen atoms in total. The van der Waals surface area contributed by atoms with Gasteiger partial charge in [-0.1, -0.05) is 19.9 Å². The summed E-state index contributed by atoms with van der Waals surface area (Å²) in [7, 11) is 0. The Morgan fingerprint density at radius 2 is 2.07 bits per heavy atom. The summed E-state index contributed by atoms with van der Waals surface area (Å²) in [6.45, 7) is 4.74. The number of benzene rings is 1. The SMILES string of the molecule is CC(C)SCc1cc(F)ccc1CN. The van der Waals surface area contributed by atoms with Crippen molar-refractivity contribution in [2.75, 3.05) is 0 Å². The Balaban J connectivity index is 2.77. The molecule has 0 saturated heterocycles. The molecule has 0 amide bonds. The molecule has 1 rings (SSSR count). The van der Waals surface area contributed by atoms with Crippen molar-refractivity contribution in [1.29, 1.82) is 0 Å². The molecular weight excluding hydrogens is 197 g/mol. The molecule has 1 aromatic rings. The smallest absolute Gasteiger partial charge is 0.123 e. The maximum absolute atomic E-state index is 13.0. The molecule has 0 aliphatic rings. The van der Waals surface area contributed by atoms with Gasteiger partial charge in [0.25, 0.3) is 0 Å². The fourth-order valence-electron chi connectivity index (χ4n) is 1.18. The van der Waals surface area contributed by atoms with E-state index in [0.717, 1.165) is 16.9 Å². The van der Waals surface area contributed by atoms with Gasteiger partial charge < -0.3 is 5.73 Å². The van der Waals surface area contributed by atoms with Gasteiger partial charge in [0.1, 0.15) is 5.82 Å². The third-order valence-electron chi connectivity index (χ3n) is 1.96. The first kappa shape index (κ1) is 11.5. The fourth-order valence-corrected chi connectivity index (χ4v) is 1.97. The number of halogens is 1. The molecule has 0 saturated carbocycles.